The van der Waals surface area contributed by atoms with Gasteiger partial charge in [-0.05, 0) is 79.4 Å². The maximum Gasteiger partial charge on any atom is 0.0622 e. The third-order valence-electron chi connectivity index (χ3n) is 8.30. The summed E-state index contributed by atoms with van der Waals surface area (Å²) in [5.74, 6) is 3.00. The lowest BCUT2D eigenvalue weighted by Crippen LogP contribution is -2.50. The minimum Gasteiger partial charge on any atom is -0.392 e. The smallest absolute Gasteiger partial charge is 0.0622 e. The Kier molecular flexibility index (Phi) is 3.13. The van der Waals surface area contributed by atoms with E-state index >= 15 is 0 Å². The van der Waals surface area contributed by atoms with E-state index in [9.17, 15) is 5.11 Å². The maximum absolute atomic E-state index is 10.7. The van der Waals surface area contributed by atoms with Gasteiger partial charge >= 0.3 is 0 Å². The number of hydrogen-bond donors (Lipinski definition) is 1. The van der Waals surface area contributed by atoms with Gasteiger partial charge < -0.3 is 5.11 Å². The highest BCUT2D eigenvalue weighted by Gasteiger charge is 2.59. The summed E-state index contributed by atoms with van der Waals surface area (Å²) in [4.78, 5) is 0. The van der Waals surface area contributed by atoms with Crippen LogP contribution in [0.3, 0.4) is 0 Å². The molecule has 0 aromatic rings. The maximum atomic E-state index is 10.7. The molecule has 0 bridgehead atoms. The second-order valence-electron chi connectivity index (χ2n) is 9.17. The molecule has 0 heterocycles. The highest BCUT2D eigenvalue weighted by atomic mass is 16.3. The van der Waals surface area contributed by atoms with Gasteiger partial charge in [-0.2, -0.15) is 0 Å². The molecule has 0 spiro atoms. The largest absolute Gasteiger partial charge is 0.392 e. The van der Waals surface area contributed by atoms with Gasteiger partial charge in [0.1, 0.15) is 0 Å². The van der Waals surface area contributed by atoms with Crippen LogP contribution in [0.1, 0.15) is 72.1 Å². The van der Waals surface area contributed by atoms with Gasteiger partial charge in [0.05, 0.1) is 6.10 Å². The molecule has 21 heavy (non-hydrogen) atoms. The topological polar surface area (TPSA) is 20.2 Å². The Balaban J connectivity index is 1.70. The summed E-state index contributed by atoms with van der Waals surface area (Å²) in [5.41, 5.74) is 2.50. The third-order valence-corrected chi connectivity index (χ3v) is 8.30. The van der Waals surface area contributed by atoms with E-state index in [4.69, 9.17) is 0 Å². The lowest BCUT2D eigenvalue weighted by molar-refractivity contribution is -0.0698. The number of aliphatic hydroxyl groups is 1. The third kappa shape index (κ3) is 1.79. The quantitative estimate of drug-likeness (QED) is 0.626. The first-order valence-electron chi connectivity index (χ1n) is 9.34. The summed E-state index contributed by atoms with van der Waals surface area (Å²) < 4.78 is 0. The van der Waals surface area contributed by atoms with E-state index in [1.54, 1.807) is 5.57 Å². The molecule has 0 radical (unpaired) electrons. The first kappa shape index (κ1) is 14.3. The Morgan fingerprint density at radius 3 is 2.76 bits per heavy atom. The van der Waals surface area contributed by atoms with Gasteiger partial charge in [0.15, 0.2) is 0 Å². The standard InChI is InChI=1S/C20H32O/c1-13-12-17-15-8-7-14-6-4-5-10-19(14,2)16(15)9-11-20(17,3)18(13)21/h7,13,15-18,21H,4-6,8-12H2,1-3H3/t13-,15+,16-,17-,18-,19-,20-/m0/s1. The van der Waals surface area contributed by atoms with Gasteiger partial charge in [0.25, 0.3) is 0 Å². The molecular weight excluding hydrogens is 256 g/mol. The second kappa shape index (κ2) is 4.60. The van der Waals surface area contributed by atoms with E-state index in [1.165, 1.54) is 51.4 Å². The van der Waals surface area contributed by atoms with Crippen molar-refractivity contribution in [2.75, 3.05) is 0 Å². The molecule has 0 saturated heterocycles. The van der Waals surface area contributed by atoms with Crippen LogP contribution in [-0.4, -0.2) is 11.2 Å². The van der Waals surface area contributed by atoms with Crippen LogP contribution < -0.4 is 0 Å². The Morgan fingerprint density at radius 1 is 1.14 bits per heavy atom. The molecule has 1 nitrogen and oxygen atoms in total. The van der Waals surface area contributed by atoms with E-state index in [-0.39, 0.29) is 11.5 Å². The molecule has 0 amide bonds. The zero-order valence-corrected chi connectivity index (χ0v) is 14.1. The zero-order valence-electron chi connectivity index (χ0n) is 14.1. The van der Waals surface area contributed by atoms with Gasteiger partial charge in [-0.3, -0.25) is 0 Å². The van der Waals surface area contributed by atoms with Gasteiger partial charge in [-0.25, -0.2) is 0 Å². The van der Waals surface area contributed by atoms with Crippen molar-refractivity contribution in [3.63, 3.8) is 0 Å². The van der Waals surface area contributed by atoms with E-state index in [0.717, 1.165) is 17.8 Å². The van der Waals surface area contributed by atoms with Crippen molar-refractivity contribution in [1.29, 1.82) is 0 Å². The average Bonchev–Trinajstić information content (AvgIpc) is 2.70. The van der Waals surface area contributed by atoms with Crippen molar-refractivity contribution in [2.24, 2.45) is 34.5 Å². The highest BCUT2D eigenvalue weighted by molar-refractivity contribution is 5.24. The molecule has 118 valence electrons. The number of allylic oxidation sites excluding steroid dienone is 2. The van der Waals surface area contributed by atoms with Crippen LogP contribution >= 0.6 is 0 Å². The minimum absolute atomic E-state index is 0.0620. The Labute approximate surface area is 130 Å². The summed E-state index contributed by atoms with van der Waals surface area (Å²) in [6.45, 7) is 7.24. The molecule has 4 rings (SSSR count). The lowest BCUT2D eigenvalue weighted by atomic mass is 9.48. The van der Waals surface area contributed by atoms with Crippen molar-refractivity contribution in [3.8, 4) is 0 Å². The molecular formula is C20H32O. The van der Waals surface area contributed by atoms with Crippen LogP contribution in [0.4, 0.5) is 0 Å². The molecule has 0 aromatic carbocycles. The van der Waals surface area contributed by atoms with Gasteiger partial charge in [-0.1, -0.05) is 38.8 Å². The molecule has 0 aliphatic heterocycles. The molecule has 3 saturated carbocycles. The lowest BCUT2D eigenvalue weighted by Gasteiger charge is -2.57. The number of rotatable bonds is 0. The first-order chi connectivity index (χ1) is 9.97. The van der Waals surface area contributed by atoms with Crippen molar-refractivity contribution in [1.82, 2.24) is 0 Å². The molecule has 4 aliphatic rings. The second-order valence-corrected chi connectivity index (χ2v) is 9.17. The summed E-state index contributed by atoms with van der Waals surface area (Å²) in [6.07, 6.45) is 13.4. The van der Waals surface area contributed by atoms with E-state index in [2.05, 4.69) is 26.8 Å². The average molecular weight is 288 g/mol. The molecule has 4 aliphatic carbocycles. The molecule has 0 aromatic heterocycles. The highest BCUT2D eigenvalue weighted by Crippen LogP contribution is 2.65. The fraction of sp³-hybridized carbons (Fsp3) is 0.900. The fourth-order valence-corrected chi connectivity index (χ4v) is 7.04. The molecule has 1 heteroatoms. The predicted octanol–water partition coefficient (Wildman–Crippen LogP) is 4.95. The summed E-state index contributed by atoms with van der Waals surface area (Å²) >= 11 is 0. The van der Waals surface area contributed by atoms with E-state index in [1.807, 2.05) is 0 Å². The number of fused-ring (bicyclic) bond motifs is 5. The van der Waals surface area contributed by atoms with Crippen molar-refractivity contribution in [3.05, 3.63) is 11.6 Å². The van der Waals surface area contributed by atoms with Crippen LogP contribution in [0.2, 0.25) is 0 Å². The minimum atomic E-state index is -0.0620. The Hall–Kier alpha value is -0.300. The zero-order chi connectivity index (χ0) is 14.8. The number of aliphatic hydroxyl groups excluding tert-OH is 1. The molecule has 0 unspecified atom stereocenters. The molecule has 7 atom stereocenters. The van der Waals surface area contributed by atoms with Crippen LogP contribution in [0.25, 0.3) is 0 Å². The van der Waals surface area contributed by atoms with Crippen molar-refractivity contribution >= 4 is 0 Å². The van der Waals surface area contributed by atoms with E-state index in [0.29, 0.717) is 11.3 Å². The normalized spacial score (nSPS) is 56.2. The predicted molar refractivity (Wildman–Crippen MR) is 86.9 cm³/mol. The van der Waals surface area contributed by atoms with Crippen LogP contribution in [0, 0.1) is 34.5 Å². The van der Waals surface area contributed by atoms with Crippen LogP contribution in [0.15, 0.2) is 11.6 Å². The number of hydrogen-bond acceptors (Lipinski definition) is 1. The summed E-state index contributed by atoms with van der Waals surface area (Å²) in [7, 11) is 0. The first-order valence-corrected chi connectivity index (χ1v) is 9.34. The fourth-order valence-electron chi connectivity index (χ4n) is 7.04. The Bertz CT molecular complexity index is 466. The monoisotopic (exact) mass is 288 g/mol. The summed E-state index contributed by atoms with van der Waals surface area (Å²) in [6, 6.07) is 0. The Morgan fingerprint density at radius 2 is 1.95 bits per heavy atom. The van der Waals surface area contributed by atoms with Crippen molar-refractivity contribution < 1.29 is 5.11 Å². The van der Waals surface area contributed by atoms with Crippen LogP contribution in [0.5, 0.6) is 0 Å². The van der Waals surface area contributed by atoms with Crippen LogP contribution in [-0.2, 0) is 0 Å². The summed E-state index contributed by atoms with van der Waals surface area (Å²) in [5, 5.41) is 10.7. The van der Waals surface area contributed by atoms with E-state index < -0.39 is 0 Å². The van der Waals surface area contributed by atoms with Gasteiger partial charge in [0.2, 0.25) is 0 Å². The SMILES string of the molecule is C[C@H]1C[C@H]2[C@@H]3CC=C4CCCC[C@]4(C)[C@H]3CC[C@]2(C)[C@H]1O. The molecule has 1 N–H and O–H groups in total. The van der Waals surface area contributed by atoms with Gasteiger partial charge in [-0.15, -0.1) is 0 Å². The van der Waals surface area contributed by atoms with Crippen molar-refractivity contribution in [2.45, 2.75) is 78.2 Å². The van der Waals surface area contributed by atoms with Gasteiger partial charge in [0, 0.05) is 0 Å². The molecule has 3 fully saturated rings.